The molecule has 0 aliphatic heterocycles. The van der Waals surface area contributed by atoms with Crippen molar-refractivity contribution >= 4 is 5.78 Å². The third-order valence-corrected chi connectivity index (χ3v) is 13.1. The second-order valence-corrected chi connectivity index (χ2v) is 15.5. The van der Waals surface area contributed by atoms with Crippen LogP contribution in [0.15, 0.2) is 11.6 Å². The highest BCUT2D eigenvalue weighted by Gasteiger charge is 2.71. The van der Waals surface area contributed by atoms with Gasteiger partial charge in [-0.3, -0.25) is 4.79 Å². The number of carbonyl (C=O) groups excluding carboxylic acids is 1. The van der Waals surface area contributed by atoms with Crippen LogP contribution in [0.25, 0.3) is 0 Å². The van der Waals surface area contributed by atoms with Crippen LogP contribution in [0.4, 0.5) is 0 Å². The molecule has 0 radical (unpaired) electrons. The van der Waals surface area contributed by atoms with E-state index in [1.165, 1.54) is 32.1 Å². The van der Waals surface area contributed by atoms with Gasteiger partial charge in [0.05, 0.1) is 11.7 Å². The van der Waals surface area contributed by atoms with Gasteiger partial charge in [0.25, 0.3) is 0 Å². The number of nitriles is 1. The molecule has 3 nitrogen and oxygen atoms in total. The summed E-state index contributed by atoms with van der Waals surface area (Å²) in [6.45, 7) is 18.9. The van der Waals surface area contributed by atoms with Gasteiger partial charge >= 0.3 is 0 Å². The number of Topliss-reactive ketones (excluding diaryl/α,β-unsaturated/α-hetero) is 1. The van der Waals surface area contributed by atoms with Crippen molar-refractivity contribution in [2.45, 2.75) is 113 Å². The van der Waals surface area contributed by atoms with Crippen molar-refractivity contribution in [1.82, 2.24) is 0 Å². The number of aliphatic hydroxyl groups is 1. The minimum absolute atomic E-state index is 0.0133. The van der Waals surface area contributed by atoms with E-state index in [0.29, 0.717) is 28.2 Å². The number of fused-ring (bicyclic) bond motifs is 7. The molecule has 34 heavy (non-hydrogen) atoms. The van der Waals surface area contributed by atoms with E-state index in [2.05, 4.69) is 67.5 Å². The van der Waals surface area contributed by atoms with Crippen LogP contribution >= 0.6 is 0 Å². The maximum atomic E-state index is 13.2. The Labute approximate surface area is 207 Å². The molecule has 5 aliphatic rings. The number of carbonyl (C=O) groups is 1. The summed E-state index contributed by atoms with van der Waals surface area (Å²) in [6.07, 6.45) is 11.0. The van der Waals surface area contributed by atoms with Crippen LogP contribution in [-0.4, -0.2) is 17.0 Å². The van der Waals surface area contributed by atoms with Crippen LogP contribution in [-0.2, 0) is 4.79 Å². The highest BCUT2D eigenvalue weighted by molar-refractivity contribution is 6.04. The summed E-state index contributed by atoms with van der Waals surface area (Å²) in [5.41, 5.74) is 0.444. The Morgan fingerprint density at radius 1 is 0.912 bits per heavy atom. The number of hydrogen-bond donors (Lipinski definition) is 1. The minimum atomic E-state index is -0.531. The average molecular weight is 466 g/mol. The number of allylic oxidation sites excluding steroid dienone is 2. The SMILES string of the molecule is CC1(C)CC[C@]2(C)CC[C@]3(C)[C@H]([C@H](O)C[C@@H]4[C@@]5(C)C=C(C#N)C(=O)C(C)(C)[C@@H]5CC[C@]43C)[C@@H]2C1. The Bertz CT molecular complexity index is 986. The molecule has 0 unspecified atom stereocenters. The third-order valence-electron chi connectivity index (χ3n) is 13.1. The van der Waals surface area contributed by atoms with Crippen LogP contribution in [0.3, 0.4) is 0 Å². The topological polar surface area (TPSA) is 61.1 Å². The smallest absolute Gasteiger partial charge is 0.178 e. The molecule has 5 rings (SSSR count). The van der Waals surface area contributed by atoms with Crippen molar-refractivity contribution in [2.24, 2.45) is 56.2 Å². The lowest BCUT2D eigenvalue weighted by Gasteiger charge is -2.73. The predicted molar refractivity (Wildman–Crippen MR) is 136 cm³/mol. The molecular weight excluding hydrogens is 418 g/mol. The Kier molecular flexibility index (Phi) is 5.05. The molecule has 0 aromatic carbocycles. The van der Waals surface area contributed by atoms with E-state index in [0.717, 1.165) is 19.3 Å². The lowest BCUT2D eigenvalue weighted by atomic mass is 9.31. The van der Waals surface area contributed by atoms with Crippen molar-refractivity contribution in [3.05, 3.63) is 11.6 Å². The number of aliphatic hydroxyl groups excluding tert-OH is 1. The first-order valence-corrected chi connectivity index (χ1v) is 13.9. The Morgan fingerprint density at radius 3 is 2.21 bits per heavy atom. The summed E-state index contributed by atoms with van der Waals surface area (Å²) in [5, 5.41) is 21.9. The molecule has 5 aliphatic carbocycles. The summed E-state index contributed by atoms with van der Waals surface area (Å²) in [7, 11) is 0. The fraction of sp³-hybridized carbons (Fsp3) is 0.871. The second kappa shape index (κ2) is 7.00. The lowest BCUT2D eigenvalue weighted by Crippen LogP contribution is -2.69. The summed E-state index contributed by atoms with van der Waals surface area (Å²) in [5.74, 6) is 1.43. The molecule has 1 N–H and O–H groups in total. The molecule has 3 heteroatoms. The van der Waals surface area contributed by atoms with Gasteiger partial charge < -0.3 is 5.11 Å². The zero-order valence-corrected chi connectivity index (χ0v) is 22.9. The standard InChI is InChI=1S/C31H47NO2/c1-26(2)11-12-28(5)13-14-31(8)24(20(28)17-26)21(33)15-23-29(6)16-19(18-32)25(34)27(3,4)22(29)9-10-30(23,31)7/h16,20-24,33H,9-15,17H2,1-8H3/t20-,21+,22-,23+,24-,28+,29-,30+,31+/m0/s1. The molecule has 0 aromatic rings. The van der Waals surface area contributed by atoms with E-state index >= 15 is 0 Å². The van der Waals surface area contributed by atoms with Crippen LogP contribution in [0, 0.1) is 67.5 Å². The van der Waals surface area contributed by atoms with E-state index in [-0.39, 0.29) is 40.0 Å². The van der Waals surface area contributed by atoms with Gasteiger partial charge in [0.15, 0.2) is 5.78 Å². The van der Waals surface area contributed by atoms with Gasteiger partial charge in [-0.15, -0.1) is 0 Å². The van der Waals surface area contributed by atoms with Gasteiger partial charge in [-0.2, -0.15) is 5.26 Å². The summed E-state index contributed by atoms with van der Waals surface area (Å²) >= 11 is 0. The summed E-state index contributed by atoms with van der Waals surface area (Å²) in [4.78, 5) is 13.2. The maximum Gasteiger partial charge on any atom is 0.178 e. The first kappa shape index (κ1) is 24.5. The quantitative estimate of drug-likeness (QED) is 0.415. The first-order valence-electron chi connectivity index (χ1n) is 13.9. The van der Waals surface area contributed by atoms with Crippen molar-refractivity contribution in [3.8, 4) is 6.07 Å². The van der Waals surface area contributed by atoms with Gasteiger partial charge in [-0.05, 0) is 102 Å². The van der Waals surface area contributed by atoms with E-state index in [1.54, 1.807) is 0 Å². The number of hydrogen-bond acceptors (Lipinski definition) is 3. The molecule has 0 saturated heterocycles. The Hall–Kier alpha value is -1.14. The molecule has 0 heterocycles. The van der Waals surface area contributed by atoms with Crippen LogP contribution in [0.2, 0.25) is 0 Å². The summed E-state index contributed by atoms with van der Waals surface area (Å²) in [6, 6.07) is 2.25. The van der Waals surface area contributed by atoms with Gasteiger partial charge in [-0.1, -0.05) is 61.5 Å². The Balaban J connectivity index is 1.62. The van der Waals surface area contributed by atoms with E-state index in [1.807, 2.05) is 0 Å². The maximum absolute atomic E-state index is 13.2. The normalized spacial score (nSPS) is 53.4. The van der Waals surface area contributed by atoms with Crippen molar-refractivity contribution in [2.75, 3.05) is 0 Å². The zero-order valence-electron chi connectivity index (χ0n) is 22.9. The number of ketones is 1. The van der Waals surface area contributed by atoms with Crippen molar-refractivity contribution in [3.63, 3.8) is 0 Å². The van der Waals surface area contributed by atoms with E-state index in [4.69, 9.17) is 0 Å². The van der Waals surface area contributed by atoms with Crippen molar-refractivity contribution < 1.29 is 9.90 Å². The Morgan fingerprint density at radius 2 is 1.56 bits per heavy atom. The van der Waals surface area contributed by atoms with E-state index < -0.39 is 5.41 Å². The van der Waals surface area contributed by atoms with Gasteiger partial charge in [0, 0.05) is 5.41 Å². The molecule has 0 aromatic heterocycles. The first-order chi connectivity index (χ1) is 15.6. The molecule has 4 fully saturated rings. The molecular formula is C31H47NO2. The van der Waals surface area contributed by atoms with Crippen molar-refractivity contribution in [1.29, 1.82) is 5.26 Å². The molecule has 4 saturated carbocycles. The lowest BCUT2D eigenvalue weighted by molar-refractivity contribution is -0.258. The number of rotatable bonds is 0. The highest BCUT2D eigenvalue weighted by Crippen LogP contribution is 2.76. The molecule has 9 atom stereocenters. The van der Waals surface area contributed by atoms with Crippen LogP contribution in [0.1, 0.15) is 107 Å². The van der Waals surface area contributed by atoms with Crippen LogP contribution < -0.4 is 0 Å². The summed E-state index contributed by atoms with van der Waals surface area (Å²) < 4.78 is 0. The zero-order chi connectivity index (χ0) is 25.1. The second-order valence-electron chi connectivity index (χ2n) is 15.5. The van der Waals surface area contributed by atoms with Gasteiger partial charge in [0.2, 0.25) is 0 Å². The predicted octanol–water partition coefficient (Wildman–Crippen LogP) is 7.10. The fourth-order valence-corrected chi connectivity index (χ4v) is 10.9. The molecule has 0 amide bonds. The molecule has 0 bridgehead atoms. The molecule has 188 valence electrons. The highest BCUT2D eigenvalue weighted by atomic mass is 16.3. The van der Waals surface area contributed by atoms with Gasteiger partial charge in [0.1, 0.15) is 6.07 Å². The third kappa shape index (κ3) is 2.87. The van der Waals surface area contributed by atoms with Gasteiger partial charge in [-0.25, -0.2) is 0 Å². The minimum Gasteiger partial charge on any atom is -0.393 e. The van der Waals surface area contributed by atoms with E-state index in [9.17, 15) is 15.2 Å². The molecule has 0 spiro atoms. The number of nitrogens with zero attached hydrogens (tertiary/aromatic N) is 1. The monoisotopic (exact) mass is 465 g/mol. The largest absolute Gasteiger partial charge is 0.393 e. The van der Waals surface area contributed by atoms with Crippen LogP contribution in [0.5, 0.6) is 0 Å². The fourth-order valence-electron chi connectivity index (χ4n) is 10.9. The average Bonchev–Trinajstić information content (AvgIpc) is 2.74.